The van der Waals surface area contributed by atoms with Crippen molar-refractivity contribution in [2.24, 2.45) is 0 Å². The molecule has 0 fully saturated rings. The summed E-state index contributed by atoms with van der Waals surface area (Å²) in [6.07, 6.45) is 0.405. The third-order valence-electron chi connectivity index (χ3n) is 3.49. The van der Waals surface area contributed by atoms with Crippen molar-refractivity contribution in [3.8, 4) is 0 Å². The molecule has 0 aliphatic rings. The lowest BCUT2D eigenvalue weighted by atomic mass is 10.0. The Hall–Kier alpha value is -2.40. The van der Waals surface area contributed by atoms with Crippen LogP contribution >= 0.6 is 0 Å². The maximum Gasteiger partial charge on any atom is 0.266 e. The minimum absolute atomic E-state index is 0.253. The van der Waals surface area contributed by atoms with E-state index in [2.05, 4.69) is 5.32 Å². The molecule has 2 aromatic carbocycles. The second-order valence-corrected chi connectivity index (χ2v) is 5.29. The van der Waals surface area contributed by atoms with Gasteiger partial charge in [-0.05, 0) is 42.7 Å². The highest BCUT2D eigenvalue weighted by atomic mass is 19.1. The summed E-state index contributed by atoms with van der Waals surface area (Å²) in [4.78, 5) is 11.9. The first kappa shape index (κ1) is 16.0. The highest BCUT2D eigenvalue weighted by Crippen LogP contribution is 2.20. The van der Waals surface area contributed by atoms with Gasteiger partial charge < -0.3 is 5.32 Å². The van der Waals surface area contributed by atoms with Crippen molar-refractivity contribution in [2.75, 3.05) is 5.32 Å². The molecule has 2 rings (SSSR count). The Balaban J connectivity index is 2.22. The molecule has 5 heteroatoms. The first-order chi connectivity index (χ1) is 10.5. The molecule has 3 N–H and O–H groups in total. The molecule has 4 nitrogen and oxygen atoms in total. The van der Waals surface area contributed by atoms with Crippen molar-refractivity contribution in [1.29, 1.82) is 0 Å². The van der Waals surface area contributed by atoms with Crippen LogP contribution in [0.3, 0.4) is 0 Å². The van der Waals surface area contributed by atoms with Gasteiger partial charge in [-0.15, -0.1) is 0 Å². The highest BCUT2D eigenvalue weighted by Gasteiger charge is 2.19. The number of halogens is 1. The SMILES string of the molecule is Cc1cc(N[C@H](Cc2ccccc2)C(=O)NO)cc(C)c1F. The Morgan fingerprint density at radius 3 is 2.32 bits per heavy atom. The number of hydroxylamine groups is 1. The first-order valence-electron chi connectivity index (χ1n) is 7.02. The number of nitrogens with one attached hydrogen (secondary N) is 2. The Bertz CT molecular complexity index is 636. The fraction of sp³-hybridized carbons (Fsp3) is 0.235. The molecule has 0 heterocycles. The Morgan fingerprint density at radius 2 is 1.77 bits per heavy atom. The van der Waals surface area contributed by atoms with Gasteiger partial charge in [-0.3, -0.25) is 10.0 Å². The van der Waals surface area contributed by atoms with Crippen molar-refractivity contribution in [1.82, 2.24) is 5.48 Å². The van der Waals surface area contributed by atoms with Gasteiger partial charge in [0.25, 0.3) is 5.91 Å². The molecule has 0 bridgehead atoms. The van der Waals surface area contributed by atoms with Gasteiger partial charge in [0.05, 0.1) is 0 Å². The lowest BCUT2D eigenvalue weighted by Crippen LogP contribution is -2.39. The van der Waals surface area contributed by atoms with Gasteiger partial charge in [-0.25, -0.2) is 9.87 Å². The van der Waals surface area contributed by atoms with Crippen LogP contribution in [0, 0.1) is 19.7 Å². The second-order valence-electron chi connectivity index (χ2n) is 5.29. The molecule has 1 amide bonds. The minimum Gasteiger partial charge on any atom is -0.373 e. The molecule has 0 saturated carbocycles. The predicted molar refractivity (Wildman–Crippen MR) is 83.4 cm³/mol. The van der Waals surface area contributed by atoms with Crippen molar-refractivity contribution < 1.29 is 14.4 Å². The largest absolute Gasteiger partial charge is 0.373 e. The Morgan fingerprint density at radius 1 is 1.18 bits per heavy atom. The number of hydrogen-bond donors (Lipinski definition) is 3. The van der Waals surface area contributed by atoms with Crippen LogP contribution in [0.2, 0.25) is 0 Å². The molecule has 0 radical (unpaired) electrons. The zero-order valence-corrected chi connectivity index (χ0v) is 12.6. The summed E-state index contributed by atoms with van der Waals surface area (Å²) in [5, 5.41) is 12.0. The number of aryl methyl sites for hydroxylation is 2. The van der Waals surface area contributed by atoms with Crippen LogP contribution in [-0.2, 0) is 11.2 Å². The molecule has 0 aliphatic heterocycles. The van der Waals surface area contributed by atoms with Crippen LogP contribution < -0.4 is 10.8 Å². The van der Waals surface area contributed by atoms with E-state index in [4.69, 9.17) is 5.21 Å². The van der Waals surface area contributed by atoms with Crippen LogP contribution in [0.25, 0.3) is 0 Å². The van der Waals surface area contributed by atoms with Crippen molar-refractivity contribution in [3.05, 3.63) is 65.0 Å². The number of carbonyl (C=O) groups is 1. The molecule has 0 spiro atoms. The van der Waals surface area contributed by atoms with Crippen LogP contribution in [0.1, 0.15) is 16.7 Å². The maximum absolute atomic E-state index is 13.7. The zero-order chi connectivity index (χ0) is 16.1. The molecular formula is C17H19FN2O2. The molecule has 22 heavy (non-hydrogen) atoms. The Labute approximate surface area is 128 Å². The van der Waals surface area contributed by atoms with Gasteiger partial charge in [0.1, 0.15) is 11.9 Å². The number of hydrogen-bond acceptors (Lipinski definition) is 3. The van der Waals surface area contributed by atoms with E-state index in [1.54, 1.807) is 31.5 Å². The first-order valence-corrected chi connectivity index (χ1v) is 7.02. The van der Waals surface area contributed by atoms with Crippen molar-refractivity contribution in [2.45, 2.75) is 26.3 Å². The fourth-order valence-electron chi connectivity index (χ4n) is 2.37. The summed E-state index contributed by atoms with van der Waals surface area (Å²) in [5.74, 6) is -0.791. The molecule has 0 unspecified atom stereocenters. The van der Waals surface area contributed by atoms with E-state index in [-0.39, 0.29) is 5.82 Å². The molecule has 0 saturated heterocycles. The number of benzene rings is 2. The molecule has 2 aromatic rings. The zero-order valence-electron chi connectivity index (χ0n) is 12.6. The monoisotopic (exact) mass is 302 g/mol. The van der Waals surface area contributed by atoms with Crippen LogP contribution in [0.5, 0.6) is 0 Å². The lowest BCUT2D eigenvalue weighted by Gasteiger charge is -2.19. The average molecular weight is 302 g/mol. The van der Waals surface area contributed by atoms with E-state index in [1.807, 2.05) is 30.3 Å². The van der Waals surface area contributed by atoms with E-state index in [9.17, 15) is 9.18 Å². The summed E-state index contributed by atoms with van der Waals surface area (Å²) < 4.78 is 13.7. The number of amides is 1. The summed E-state index contributed by atoms with van der Waals surface area (Å²) in [6, 6.07) is 12.1. The van der Waals surface area contributed by atoms with Gasteiger partial charge in [-0.2, -0.15) is 0 Å². The molecule has 1 atom stereocenters. The van der Waals surface area contributed by atoms with E-state index in [1.165, 1.54) is 0 Å². The topological polar surface area (TPSA) is 61.4 Å². The third kappa shape index (κ3) is 3.83. The fourth-order valence-corrected chi connectivity index (χ4v) is 2.37. The number of carbonyl (C=O) groups excluding carboxylic acids is 1. The summed E-state index contributed by atoms with van der Waals surface area (Å²) in [6.45, 7) is 3.34. The predicted octanol–water partition coefficient (Wildman–Crippen LogP) is 2.97. The maximum atomic E-state index is 13.7. The highest BCUT2D eigenvalue weighted by molar-refractivity contribution is 5.84. The minimum atomic E-state index is -0.656. The van der Waals surface area contributed by atoms with Crippen LogP contribution in [0.15, 0.2) is 42.5 Å². The molecular weight excluding hydrogens is 283 g/mol. The van der Waals surface area contributed by atoms with Crippen molar-refractivity contribution >= 4 is 11.6 Å². The lowest BCUT2D eigenvalue weighted by molar-refractivity contribution is -0.129. The summed E-state index contributed by atoms with van der Waals surface area (Å²) in [7, 11) is 0. The third-order valence-corrected chi connectivity index (χ3v) is 3.49. The van der Waals surface area contributed by atoms with Crippen molar-refractivity contribution in [3.63, 3.8) is 0 Å². The van der Waals surface area contributed by atoms with Gasteiger partial charge in [0, 0.05) is 12.1 Å². The van der Waals surface area contributed by atoms with Gasteiger partial charge in [0.2, 0.25) is 0 Å². The van der Waals surface area contributed by atoms with E-state index in [0.717, 1.165) is 5.56 Å². The van der Waals surface area contributed by atoms with Gasteiger partial charge >= 0.3 is 0 Å². The normalized spacial score (nSPS) is 11.8. The summed E-state index contributed by atoms with van der Waals surface area (Å²) >= 11 is 0. The smallest absolute Gasteiger partial charge is 0.266 e. The van der Waals surface area contributed by atoms with Gasteiger partial charge in [-0.1, -0.05) is 30.3 Å². The molecule has 0 aliphatic carbocycles. The molecule has 0 aromatic heterocycles. The second kappa shape index (κ2) is 7.04. The van der Waals surface area contributed by atoms with Crippen LogP contribution in [0.4, 0.5) is 10.1 Å². The van der Waals surface area contributed by atoms with Gasteiger partial charge in [0.15, 0.2) is 0 Å². The standard InChI is InChI=1S/C17H19FN2O2/c1-11-8-14(9-12(2)16(11)18)19-15(17(21)20-22)10-13-6-4-3-5-7-13/h3-9,15,19,22H,10H2,1-2H3,(H,20,21)/t15-/m1/s1. The Kier molecular flexibility index (Phi) is 5.12. The average Bonchev–Trinajstić information content (AvgIpc) is 2.52. The van der Waals surface area contributed by atoms with E-state index >= 15 is 0 Å². The van der Waals surface area contributed by atoms with E-state index < -0.39 is 11.9 Å². The quantitative estimate of drug-likeness (QED) is 0.588. The van der Waals surface area contributed by atoms with E-state index in [0.29, 0.717) is 23.2 Å². The summed E-state index contributed by atoms with van der Waals surface area (Å²) in [5.41, 5.74) is 4.28. The number of rotatable bonds is 5. The van der Waals surface area contributed by atoms with Crippen LogP contribution in [-0.4, -0.2) is 17.2 Å². The number of anilines is 1. The molecule has 116 valence electrons.